The summed E-state index contributed by atoms with van der Waals surface area (Å²) in [6.07, 6.45) is 10.6. The normalized spacial score (nSPS) is 44.2. The van der Waals surface area contributed by atoms with Gasteiger partial charge in [-0.05, 0) is 32.1 Å². The Morgan fingerprint density at radius 1 is 1.05 bits per heavy atom. The van der Waals surface area contributed by atoms with Crippen molar-refractivity contribution in [3.8, 4) is 0 Å². The van der Waals surface area contributed by atoms with Gasteiger partial charge in [0, 0.05) is 49.7 Å². The van der Waals surface area contributed by atoms with Gasteiger partial charge in [-0.1, -0.05) is 12.8 Å². The lowest BCUT2D eigenvalue weighted by atomic mass is 9.54. The van der Waals surface area contributed by atoms with E-state index in [1.54, 1.807) is 0 Å². The standard InChI is InChI=1S/C18H30N2O2/c1-2-7-18(6-1)16(15-5-9-22-17(15)18)19-11-14-12-20(8-10-21-14)13-3-4-13/h13-17,19H,1-12H2/t14-,15-,16-,17+/m1/s1. The summed E-state index contributed by atoms with van der Waals surface area (Å²) < 4.78 is 12.1. The Hall–Kier alpha value is -0.160. The topological polar surface area (TPSA) is 33.7 Å². The molecule has 0 amide bonds. The fourth-order valence-electron chi connectivity index (χ4n) is 5.90. The van der Waals surface area contributed by atoms with Crippen molar-refractivity contribution in [2.24, 2.45) is 11.3 Å². The molecule has 124 valence electrons. The molecular weight excluding hydrogens is 276 g/mol. The van der Waals surface area contributed by atoms with E-state index in [0.29, 0.717) is 23.7 Å². The lowest BCUT2D eigenvalue weighted by molar-refractivity contribution is -0.134. The summed E-state index contributed by atoms with van der Waals surface area (Å²) in [6, 6.07) is 1.58. The molecule has 0 aromatic rings. The Morgan fingerprint density at radius 3 is 2.73 bits per heavy atom. The smallest absolute Gasteiger partial charge is 0.0826 e. The third kappa shape index (κ3) is 2.18. The monoisotopic (exact) mass is 306 g/mol. The number of nitrogens with zero attached hydrogens (tertiary/aromatic N) is 1. The molecule has 0 bridgehead atoms. The first kappa shape index (κ1) is 14.2. The molecule has 2 saturated heterocycles. The summed E-state index contributed by atoms with van der Waals surface area (Å²) in [5.41, 5.74) is 0.478. The summed E-state index contributed by atoms with van der Waals surface area (Å²) in [6.45, 7) is 5.24. The second-order valence-electron chi connectivity index (χ2n) is 8.29. The Labute approximate surface area is 133 Å². The molecule has 22 heavy (non-hydrogen) atoms. The number of nitrogens with one attached hydrogen (secondary N) is 1. The molecular formula is C18H30N2O2. The van der Waals surface area contributed by atoms with E-state index >= 15 is 0 Å². The molecule has 4 atom stereocenters. The van der Waals surface area contributed by atoms with Crippen LogP contribution in [0.15, 0.2) is 0 Å². The maximum atomic E-state index is 6.09. The van der Waals surface area contributed by atoms with Crippen LogP contribution in [0.2, 0.25) is 0 Å². The minimum atomic E-state index is 0.397. The van der Waals surface area contributed by atoms with Crippen LogP contribution in [0.5, 0.6) is 0 Å². The first-order chi connectivity index (χ1) is 10.9. The molecule has 0 aromatic heterocycles. The van der Waals surface area contributed by atoms with E-state index < -0.39 is 0 Å². The lowest BCUT2D eigenvalue weighted by Gasteiger charge is -2.57. The Morgan fingerprint density at radius 2 is 1.91 bits per heavy atom. The molecule has 1 spiro atoms. The highest BCUT2D eigenvalue weighted by Gasteiger charge is 2.64. The number of fused-ring (bicyclic) bond motifs is 2. The minimum Gasteiger partial charge on any atom is -0.377 e. The van der Waals surface area contributed by atoms with Gasteiger partial charge in [-0.15, -0.1) is 0 Å². The van der Waals surface area contributed by atoms with E-state index in [1.165, 1.54) is 44.9 Å². The third-order valence-electron chi connectivity index (χ3n) is 7.08. The molecule has 2 aliphatic heterocycles. The zero-order valence-corrected chi connectivity index (χ0v) is 13.6. The van der Waals surface area contributed by atoms with Gasteiger partial charge in [-0.2, -0.15) is 0 Å². The van der Waals surface area contributed by atoms with Crippen LogP contribution < -0.4 is 5.32 Å². The highest BCUT2D eigenvalue weighted by molar-refractivity contribution is 5.16. The van der Waals surface area contributed by atoms with Crippen molar-refractivity contribution in [1.82, 2.24) is 10.2 Å². The summed E-state index contributed by atoms with van der Waals surface area (Å²) in [5, 5.41) is 3.94. The van der Waals surface area contributed by atoms with Crippen molar-refractivity contribution in [1.29, 1.82) is 0 Å². The van der Waals surface area contributed by atoms with E-state index in [2.05, 4.69) is 10.2 Å². The van der Waals surface area contributed by atoms with Crippen LogP contribution in [0.25, 0.3) is 0 Å². The quantitative estimate of drug-likeness (QED) is 0.858. The molecule has 4 heteroatoms. The van der Waals surface area contributed by atoms with Gasteiger partial charge in [-0.3, -0.25) is 4.90 Å². The fourth-order valence-corrected chi connectivity index (χ4v) is 5.90. The van der Waals surface area contributed by atoms with Crippen LogP contribution in [-0.2, 0) is 9.47 Å². The first-order valence-corrected chi connectivity index (χ1v) is 9.57. The second-order valence-corrected chi connectivity index (χ2v) is 8.29. The van der Waals surface area contributed by atoms with Gasteiger partial charge in [0.25, 0.3) is 0 Å². The van der Waals surface area contributed by atoms with Crippen molar-refractivity contribution < 1.29 is 9.47 Å². The molecule has 1 N–H and O–H groups in total. The molecule has 0 unspecified atom stereocenters. The Balaban J connectivity index is 1.20. The molecule has 5 rings (SSSR count). The summed E-state index contributed by atoms with van der Waals surface area (Å²) in [7, 11) is 0. The van der Waals surface area contributed by atoms with Gasteiger partial charge in [0.15, 0.2) is 0 Å². The molecule has 5 fully saturated rings. The van der Waals surface area contributed by atoms with Crippen molar-refractivity contribution in [2.75, 3.05) is 32.8 Å². The maximum absolute atomic E-state index is 6.09. The summed E-state index contributed by atoms with van der Waals surface area (Å²) in [4.78, 5) is 2.66. The summed E-state index contributed by atoms with van der Waals surface area (Å²) in [5.74, 6) is 0.779. The number of rotatable bonds is 4. The van der Waals surface area contributed by atoms with Crippen molar-refractivity contribution >= 4 is 0 Å². The predicted octanol–water partition coefficient (Wildman–Crippen LogP) is 1.79. The van der Waals surface area contributed by atoms with Crippen LogP contribution in [0.4, 0.5) is 0 Å². The fraction of sp³-hybridized carbons (Fsp3) is 1.00. The van der Waals surface area contributed by atoms with Crippen LogP contribution in [0.1, 0.15) is 44.9 Å². The second kappa shape index (κ2) is 5.44. The Kier molecular flexibility index (Phi) is 3.51. The van der Waals surface area contributed by atoms with Gasteiger partial charge in [0.2, 0.25) is 0 Å². The van der Waals surface area contributed by atoms with Crippen LogP contribution in [-0.4, -0.2) is 62.0 Å². The van der Waals surface area contributed by atoms with Gasteiger partial charge in [0.1, 0.15) is 0 Å². The van der Waals surface area contributed by atoms with E-state index in [9.17, 15) is 0 Å². The Bertz CT molecular complexity index is 419. The average Bonchev–Trinajstić information content (AvgIpc) is 3.09. The summed E-state index contributed by atoms with van der Waals surface area (Å²) >= 11 is 0. The third-order valence-corrected chi connectivity index (χ3v) is 7.08. The van der Waals surface area contributed by atoms with Crippen molar-refractivity contribution in [3.05, 3.63) is 0 Å². The molecule has 3 saturated carbocycles. The highest BCUT2D eigenvalue weighted by Crippen LogP contribution is 2.60. The van der Waals surface area contributed by atoms with E-state index in [-0.39, 0.29) is 0 Å². The average molecular weight is 306 g/mol. The number of hydrogen-bond acceptors (Lipinski definition) is 4. The first-order valence-electron chi connectivity index (χ1n) is 9.57. The largest absolute Gasteiger partial charge is 0.377 e. The molecule has 5 aliphatic rings. The van der Waals surface area contributed by atoms with Crippen LogP contribution in [0, 0.1) is 11.3 Å². The maximum Gasteiger partial charge on any atom is 0.0826 e. The highest BCUT2D eigenvalue weighted by atomic mass is 16.5. The SMILES string of the molecule is C1CCC2(C1)[C@H](NC[C@@H]1CN(C3CC3)CCO1)[C@H]1CCO[C@@H]12. The minimum absolute atomic E-state index is 0.397. The van der Waals surface area contributed by atoms with Crippen LogP contribution >= 0.6 is 0 Å². The van der Waals surface area contributed by atoms with E-state index in [4.69, 9.17) is 9.47 Å². The molecule has 2 heterocycles. The van der Waals surface area contributed by atoms with Gasteiger partial charge < -0.3 is 14.8 Å². The van der Waals surface area contributed by atoms with Gasteiger partial charge in [0.05, 0.1) is 18.8 Å². The molecule has 0 radical (unpaired) electrons. The molecule has 4 nitrogen and oxygen atoms in total. The zero-order chi connectivity index (χ0) is 14.6. The number of hydrogen-bond donors (Lipinski definition) is 1. The predicted molar refractivity (Wildman–Crippen MR) is 84.9 cm³/mol. The van der Waals surface area contributed by atoms with Crippen molar-refractivity contribution in [2.45, 2.75) is 69.2 Å². The van der Waals surface area contributed by atoms with Crippen LogP contribution in [0.3, 0.4) is 0 Å². The molecule has 3 aliphatic carbocycles. The zero-order valence-electron chi connectivity index (χ0n) is 13.6. The molecule has 0 aromatic carbocycles. The number of ether oxygens (including phenoxy) is 2. The van der Waals surface area contributed by atoms with Gasteiger partial charge >= 0.3 is 0 Å². The van der Waals surface area contributed by atoms with Gasteiger partial charge in [-0.25, -0.2) is 0 Å². The lowest BCUT2D eigenvalue weighted by Crippen LogP contribution is -2.68. The van der Waals surface area contributed by atoms with E-state index in [0.717, 1.165) is 44.8 Å². The van der Waals surface area contributed by atoms with Crippen molar-refractivity contribution in [3.63, 3.8) is 0 Å². The number of morpholine rings is 1. The van der Waals surface area contributed by atoms with E-state index in [1.807, 2.05) is 0 Å².